The zero-order valence-corrected chi connectivity index (χ0v) is 14.2. The summed E-state index contributed by atoms with van der Waals surface area (Å²) in [6.07, 6.45) is 12.1. The highest BCUT2D eigenvalue weighted by Gasteiger charge is 2.14. The number of allylic oxidation sites excluding steroid dienone is 2. The van der Waals surface area contributed by atoms with Gasteiger partial charge in [-0.3, -0.25) is 5.32 Å². The second-order valence-electron chi connectivity index (χ2n) is 6.69. The van der Waals surface area contributed by atoms with E-state index in [1.165, 1.54) is 50.5 Å². The van der Waals surface area contributed by atoms with E-state index in [1.807, 2.05) is 6.08 Å². The molecule has 2 heteroatoms. The van der Waals surface area contributed by atoms with Gasteiger partial charge in [0.25, 0.3) is 0 Å². The van der Waals surface area contributed by atoms with Crippen molar-refractivity contribution < 1.29 is 4.74 Å². The number of hydrogen-bond donors (Lipinski definition) is 1. The molecule has 1 saturated heterocycles. The normalized spacial score (nSPS) is 21.7. The van der Waals surface area contributed by atoms with Gasteiger partial charge in [-0.15, -0.1) is 6.58 Å². The highest BCUT2D eigenvalue weighted by molar-refractivity contribution is 4.96. The van der Waals surface area contributed by atoms with E-state index in [9.17, 15) is 0 Å². The number of hydrogen-bond acceptors (Lipinski definition) is 2. The van der Waals surface area contributed by atoms with Crippen LogP contribution >= 0.6 is 0 Å². The van der Waals surface area contributed by atoms with Gasteiger partial charge in [-0.25, -0.2) is 0 Å². The van der Waals surface area contributed by atoms with Crippen LogP contribution in [0, 0.1) is 11.8 Å². The molecule has 0 aliphatic carbocycles. The molecule has 0 radical (unpaired) electrons. The number of piperidine rings is 1. The van der Waals surface area contributed by atoms with Gasteiger partial charge in [0.1, 0.15) is 6.23 Å². The Balaban J connectivity index is 2.12. The van der Waals surface area contributed by atoms with E-state index in [0.717, 1.165) is 25.5 Å². The van der Waals surface area contributed by atoms with Crippen LogP contribution in [0.15, 0.2) is 24.8 Å². The van der Waals surface area contributed by atoms with Gasteiger partial charge in [0.2, 0.25) is 0 Å². The van der Waals surface area contributed by atoms with Crippen LogP contribution in [0.2, 0.25) is 0 Å². The maximum Gasteiger partial charge on any atom is 0.108 e. The zero-order chi connectivity index (χ0) is 15.5. The van der Waals surface area contributed by atoms with Gasteiger partial charge in [-0.2, -0.15) is 0 Å². The molecule has 0 bridgehead atoms. The van der Waals surface area contributed by atoms with Crippen LogP contribution in [-0.4, -0.2) is 19.4 Å². The third-order valence-corrected chi connectivity index (χ3v) is 4.62. The predicted octanol–water partition coefficient (Wildman–Crippen LogP) is 5.07. The first-order chi connectivity index (χ1) is 10.1. The molecule has 0 aromatic heterocycles. The number of ether oxygens (including phenoxy) is 1. The summed E-state index contributed by atoms with van der Waals surface area (Å²) in [4.78, 5) is 0. The summed E-state index contributed by atoms with van der Waals surface area (Å²) in [5.41, 5.74) is 1.33. The van der Waals surface area contributed by atoms with E-state index < -0.39 is 0 Å². The highest BCUT2D eigenvalue weighted by atomic mass is 16.5. The summed E-state index contributed by atoms with van der Waals surface area (Å²) in [7, 11) is 0. The third kappa shape index (κ3) is 8.43. The second-order valence-corrected chi connectivity index (χ2v) is 6.69. The molecule has 21 heavy (non-hydrogen) atoms. The summed E-state index contributed by atoms with van der Waals surface area (Å²) in [6.45, 7) is 14.5. The van der Waals surface area contributed by atoms with Crippen molar-refractivity contribution in [3.8, 4) is 0 Å². The average Bonchev–Trinajstić information content (AvgIpc) is 2.48. The summed E-state index contributed by atoms with van der Waals surface area (Å²) < 4.78 is 5.93. The van der Waals surface area contributed by atoms with Crippen LogP contribution in [-0.2, 0) is 4.74 Å². The van der Waals surface area contributed by atoms with Gasteiger partial charge >= 0.3 is 0 Å². The van der Waals surface area contributed by atoms with Crippen molar-refractivity contribution in [2.75, 3.05) is 13.2 Å². The standard InChI is InChI=1S/C19H35NO/c1-5-6-9-18(16(2)3)12-11-17(4)13-15-21-19-10-7-8-14-20-19/h5,17-20H,1-2,6-15H2,3-4H3. The molecule has 1 heterocycles. The lowest BCUT2D eigenvalue weighted by atomic mass is 9.88. The van der Waals surface area contributed by atoms with Crippen molar-refractivity contribution >= 4 is 0 Å². The SMILES string of the molecule is C=CCCC(CCC(C)CCOC1CCCCN1)C(=C)C. The molecular formula is C19H35NO. The van der Waals surface area contributed by atoms with Gasteiger partial charge in [0.05, 0.1) is 0 Å². The lowest BCUT2D eigenvalue weighted by Gasteiger charge is -2.24. The Kier molecular flexibility index (Phi) is 9.69. The van der Waals surface area contributed by atoms with E-state index in [4.69, 9.17) is 4.74 Å². The van der Waals surface area contributed by atoms with Gasteiger partial charge in [0, 0.05) is 6.61 Å². The van der Waals surface area contributed by atoms with Crippen LogP contribution in [0.25, 0.3) is 0 Å². The van der Waals surface area contributed by atoms with Crippen LogP contribution in [0.4, 0.5) is 0 Å². The number of nitrogens with one attached hydrogen (secondary N) is 1. The Hall–Kier alpha value is -0.600. The molecule has 0 aromatic carbocycles. The zero-order valence-electron chi connectivity index (χ0n) is 14.2. The molecule has 0 spiro atoms. The van der Waals surface area contributed by atoms with Crippen molar-refractivity contribution in [1.29, 1.82) is 0 Å². The lowest BCUT2D eigenvalue weighted by molar-refractivity contribution is 0.00625. The molecule has 0 amide bonds. The largest absolute Gasteiger partial charge is 0.363 e. The van der Waals surface area contributed by atoms with Crippen molar-refractivity contribution in [2.45, 2.75) is 71.4 Å². The van der Waals surface area contributed by atoms with Gasteiger partial charge in [0.15, 0.2) is 0 Å². The molecule has 1 aliphatic heterocycles. The van der Waals surface area contributed by atoms with Crippen LogP contribution in [0.5, 0.6) is 0 Å². The first-order valence-electron chi connectivity index (χ1n) is 8.74. The minimum atomic E-state index is 0.307. The van der Waals surface area contributed by atoms with Crippen molar-refractivity contribution in [3.63, 3.8) is 0 Å². The Morgan fingerprint density at radius 2 is 2.10 bits per heavy atom. The minimum Gasteiger partial charge on any atom is -0.363 e. The first-order valence-corrected chi connectivity index (χ1v) is 8.74. The van der Waals surface area contributed by atoms with Crippen LogP contribution < -0.4 is 5.32 Å². The fourth-order valence-corrected chi connectivity index (χ4v) is 2.96. The lowest BCUT2D eigenvalue weighted by Crippen LogP contribution is -2.36. The van der Waals surface area contributed by atoms with E-state index in [0.29, 0.717) is 12.1 Å². The molecule has 0 aromatic rings. The highest BCUT2D eigenvalue weighted by Crippen LogP contribution is 2.24. The Bertz CT molecular complexity index is 294. The fraction of sp³-hybridized carbons (Fsp3) is 0.789. The molecule has 1 rings (SSSR count). The number of rotatable bonds is 11. The van der Waals surface area contributed by atoms with Crippen LogP contribution in [0.1, 0.15) is 65.2 Å². The van der Waals surface area contributed by atoms with E-state index in [1.54, 1.807) is 0 Å². The van der Waals surface area contributed by atoms with Gasteiger partial charge in [-0.1, -0.05) is 31.6 Å². The Morgan fingerprint density at radius 3 is 2.71 bits per heavy atom. The molecule has 1 N–H and O–H groups in total. The van der Waals surface area contributed by atoms with Gasteiger partial charge in [-0.05, 0) is 70.3 Å². The third-order valence-electron chi connectivity index (χ3n) is 4.62. The molecule has 3 atom stereocenters. The van der Waals surface area contributed by atoms with Crippen molar-refractivity contribution in [1.82, 2.24) is 5.32 Å². The van der Waals surface area contributed by atoms with Crippen LogP contribution in [0.3, 0.4) is 0 Å². The first kappa shape index (κ1) is 18.4. The second kappa shape index (κ2) is 11.0. The maximum absolute atomic E-state index is 5.93. The smallest absolute Gasteiger partial charge is 0.108 e. The molecule has 122 valence electrons. The summed E-state index contributed by atoms with van der Waals surface area (Å²) in [5.74, 6) is 1.39. The Morgan fingerprint density at radius 1 is 1.29 bits per heavy atom. The van der Waals surface area contributed by atoms with E-state index >= 15 is 0 Å². The summed E-state index contributed by atoms with van der Waals surface area (Å²) >= 11 is 0. The Labute approximate surface area is 132 Å². The summed E-state index contributed by atoms with van der Waals surface area (Å²) in [5, 5.41) is 3.44. The monoisotopic (exact) mass is 293 g/mol. The molecule has 0 saturated carbocycles. The van der Waals surface area contributed by atoms with Crippen molar-refractivity contribution in [3.05, 3.63) is 24.8 Å². The fourth-order valence-electron chi connectivity index (χ4n) is 2.96. The molecule has 1 fully saturated rings. The molecule has 1 aliphatic rings. The average molecular weight is 293 g/mol. The molecule has 2 nitrogen and oxygen atoms in total. The van der Waals surface area contributed by atoms with Gasteiger partial charge < -0.3 is 4.74 Å². The van der Waals surface area contributed by atoms with E-state index in [-0.39, 0.29) is 0 Å². The predicted molar refractivity (Wildman–Crippen MR) is 92.3 cm³/mol. The summed E-state index contributed by atoms with van der Waals surface area (Å²) in [6, 6.07) is 0. The quantitative estimate of drug-likeness (QED) is 0.537. The maximum atomic E-state index is 5.93. The van der Waals surface area contributed by atoms with Crippen molar-refractivity contribution in [2.24, 2.45) is 11.8 Å². The topological polar surface area (TPSA) is 21.3 Å². The van der Waals surface area contributed by atoms with E-state index in [2.05, 4.69) is 32.3 Å². The molecular weight excluding hydrogens is 258 g/mol. The molecule has 3 unspecified atom stereocenters. The minimum absolute atomic E-state index is 0.307.